The number of hydrogen-bond acceptors (Lipinski definition) is 1. The molecule has 0 aliphatic rings. The van der Waals surface area contributed by atoms with Crippen LogP contribution < -0.4 is 5.73 Å². The van der Waals surface area contributed by atoms with Gasteiger partial charge in [0.05, 0.1) is 0 Å². The van der Waals surface area contributed by atoms with Crippen molar-refractivity contribution in [3.8, 4) is 0 Å². The SMILES string of the molecule is CC(CC(C)C(C)CN)CC(C)(C)C. The van der Waals surface area contributed by atoms with Crippen molar-refractivity contribution in [2.24, 2.45) is 28.9 Å². The average molecular weight is 199 g/mol. The lowest BCUT2D eigenvalue weighted by Gasteiger charge is -2.27. The third kappa shape index (κ3) is 6.42. The highest BCUT2D eigenvalue weighted by atomic mass is 14.5. The molecule has 1 nitrogen and oxygen atoms in total. The molecular weight excluding hydrogens is 170 g/mol. The maximum atomic E-state index is 5.68. The first-order valence-corrected chi connectivity index (χ1v) is 5.96. The molecule has 2 N–H and O–H groups in total. The summed E-state index contributed by atoms with van der Waals surface area (Å²) in [5, 5.41) is 0. The molecule has 1 heteroatoms. The van der Waals surface area contributed by atoms with Gasteiger partial charge in [0.25, 0.3) is 0 Å². The summed E-state index contributed by atoms with van der Waals surface area (Å²) in [5.41, 5.74) is 6.14. The summed E-state index contributed by atoms with van der Waals surface area (Å²) < 4.78 is 0. The van der Waals surface area contributed by atoms with Gasteiger partial charge in [0, 0.05) is 0 Å². The van der Waals surface area contributed by atoms with Crippen molar-refractivity contribution in [1.82, 2.24) is 0 Å². The van der Waals surface area contributed by atoms with E-state index in [-0.39, 0.29) is 0 Å². The minimum absolute atomic E-state index is 0.463. The van der Waals surface area contributed by atoms with Gasteiger partial charge in [0.1, 0.15) is 0 Å². The van der Waals surface area contributed by atoms with E-state index >= 15 is 0 Å². The molecule has 0 aromatic carbocycles. The van der Waals surface area contributed by atoms with Crippen molar-refractivity contribution >= 4 is 0 Å². The second-order valence-electron chi connectivity index (χ2n) is 6.30. The van der Waals surface area contributed by atoms with Crippen molar-refractivity contribution in [3.63, 3.8) is 0 Å². The summed E-state index contributed by atoms with van der Waals surface area (Å²) in [4.78, 5) is 0. The second kappa shape index (κ2) is 5.75. The minimum atomic E-state index is 0.463. The maximum Gasteiger partial charge on any atom is -0.00490 e. The van der Waals surface area contributed by atoms with E-state index in [9.17, 15) is 0 Å². The third-order valence-electron chi connectivity index (χ3n) is 3.08. The van der Waals surface area contributed by atoms with Crippen LogP contribution >= 0.6 is 0 Å². The van der Waals surface area contributed by atoms with Gasteiger partial charge in [-0.05, 0) is 42.6 Å². The van der Waals surface area contributed by atoms with Crippen molar-refractivity contribution in [3.05, 3.63) is 0 Å². The van der Waals surface area contributed by atoms with E-state index in [0.29, 0.717) is 11.3 Å². The smallest absolute Gasteiger partial charge is 0.00490 e. The molecule has 0 rings (SSSR count). The first kappa shape index (κ1) is 14.0. The van der Waals surface area contributed by atoms with E-state index in [2.05, 4.69) is 41.5 Å². The van der Waals surface area contributed by atoms with Gasteiger partial charge < -0.3 is 5.73 Å². The van der Waals surface area contributed by atoms with E-state index in [4.69, 9.17) is 5.73 Å². The van der Waals surface area contributed by atoms with E-state index < -0.39 is 0 Å². The molecule has 0 radical (unpaired) electrons. The van der Waals surface area contributed by atoms with Crippen LogP contribution in [-0.2, 0) is 0 Å². The lowest BCUT2D eigenvalue weighted by Crippen LogP contribution is -2.21. The van der Waals surface area contributed by atoms with Crippen LogP contribution in [0.1, 0.15) is 54.4 Å². The molecule has 0 aliphatic carbocycles. The van der Waals surface area contributed by atoms with E-state index in [1.165, 1.54) is 12.8 Å². The van der Waals surface area contributed by atoms with Crippen LogP contribution in [-0.4, -0.2) is 6.54 Å². The Balaban J connectivity index is 3.88. The van der Waals surface area contributed by atoms with Crippen molar-refractivity contribution in [2.45, 2.75) is 54.4 Å². The van der Waals surface area contributed by atoms with Crippen molar-refractivity contribution in [1.29, 1.82) is 0 Å². The summed E-state index contributed by atoms with van der Waals surface area (Å²) >= 11 is 0. The van der Waals surface area contributed by atoms with E-state index in [0.717, 1.165) is 18.4 Å². The van der Waals surface area contributed by atoms with Gasteiger partial charge in [-0.15, -0.1) is 0 Å². The molecule has 0 aromatic heterocycles. The molecule has 3 atom stereocenters. The number of rotatable bonds is 5. The monoisotopic (exact) mass is 199 g/mol. The predicted molar refractivity (Wildman–Crippen MR) is 65.2 cm³/mol. The van der Waals surface area contributed by atoms with Crippen LogP contribution in [0.4, 0.5) is 0 Å². The average Bonchev–Trinajstić information content (AvgIpc) is 1.99. The quantitative estimate of drug-likeness (QED) is 0.718. The zero-order chi connectivity index (χ0) is 11.4. The second-order valence-corrected chi connectivity index (χ2v) is 6.30. The van der Waals surface area contributed by atoms with Crippen LogP contribution in [0.25, 0.3) is 0 Å². The van der Waals surface area contributed by atoms with Gasteiger partial charge in [-0.25, -0.2) is 0 Å². The summed E-state index contributed by atoms with van der Waals surface area (Å²) in [5.74, 6) is 2.24. The zero-order valence-electron chi connectivity index (χ0n) is 10.9. The van der Waals surface area contributed by atoms with Gasteiger partial charge in [-0.3, -0.25) is 0 Å². The molecule has 0 saturated heterocycles. The Labute approximate surface area is 90.5 Å². The van der Waals surface area contributed by atoms with Crippen LogP contribution in [0.3, 0.4) is 0 Å². The van der Waals surface area contributed by atoms with Crippen LogP contribution in [0, 0.1) is 23.2 Å². The highest BCUT2D eigenvalue weighted by molar-refractivity contribution is 4.71. The standard InChI is InChI=1S/C13H29N/c1-10(8-13(4,5)6)7-11(2)12(3)9-14/h10-12H,7-9,14H2,1-6H3. The molecule has 0 heterocycles. The molecule has 0 bridgehead atoms. The Kier molecular flexibility index (Phi) is 5.73. The first-order chi connectivity index (χ1) is 6.26. The Morgan fingerprint density at radius 3 is 1.86 bits per heavy atom. The zero-order valence-corrected chi connectivity index (χ0v) is 10.9. The minimum Gasteiger partial charge on any atom is -0.330 e. The Morgan fingerprint density at radius 2 is 1.50 bits per heavy atom. The molecule has 86 valence electrons. The summed E-state index contributed by atoms with van der Waals surface area (Å²) in [6, 6.07) is 0. The molecule has 0 fully saturated rings. The molecule has 0 aromatic rings. The predicted octanol–water partition coefficient (Wildman–Crippen LogP) is 3.68. The van der Waals surface area contributed by atoms with Gasteiger partial charge >= 0.3 is 0 Å². The molecule has 0 aliphatic heterocycles. The van der Waals surface area contributed by atoms with Crippen molar-refractivity contribution in [2.75, 3.05) is 6.54 Å². The molecule has 14 heavy (non-hydrogen) atoms. The molecule has 0 spiro atoms. The lowest BCUT2D eigenvalue weighted by molar-refractivity contribution is 0.246. The normalized spacial score (nSPS) is 19.1. The van der Waals surface area contributed by atoms with Crippen LogP contribution in [0.15, 0.2) is 0 Å². The third-order valence-corrected chi connectivity index (χ3v) is 3.08. The maximum absolute atomic E-state index is 5.68. The fourth-order valence-electron chi connectivity index (χ4n) is 2.23. The summed E-state index contributed by atoms with van der Waals surface area (Å²) in [6.45, 7) is 14.7. The fraction of sp³-hybridized carbons (Fsp3) is 1.00. The van der Waals surface area contributed by atoms with E-state index in [1.807, 2.05) is 0 Å². The van der Waals surface area contributed by atoms with Gasteiger partial charge in [-0.1, -0.05) is 41.5 Å². The van der Waals surface area contributed by atoms with Crippen molar-refractivity contribution < 1.29 is 0 Å². The van der Waals surface area contributed by atoms with Gasteiger partial charge in [-0.2, -0.15) is 0 Å². The molecule has 0 amide bonds. The fourth-order valence-corrected chi connectivity index (χ4v) is 2.23. The Hall–Kier alpha value is -0.0400. The summed E-state index contributed by atoms with van der Waals surface area (Å²) in [6.07, 6.45) is 2.63. The van der Waals surface area contributed by atoms with Gasteiger partial charge in [0.15, 0.2) is 0 Å². The highest BCUT2D eigenvalue weighted by Gasteiger charge is 2.19. The van der Waals surface area contributed by atoms with Gasteiger partial charge in [0.2, 0.25) is 0 Å². The Bertz CT molecular complexity index is 146. The topological polar surface area (TPSA) is 26.0 Å². The number of hydrogen-bond donors (Lipinski definition) is 1. The first-order valence-electron chi connectivity index (χ1n) is 5.96. The Morgan fingerprint density at radius 1 is 1.00 bits per heavy atom. The largest absolute Gasteiger partial charge is 0.330 e. The highest BCUT2D eigenvalue weighted by Crippen LogP contribution is 2.29. The van der Waals surface area contributed by atoms with Crippen LogP contribution in [0.5, 0.6) is 0 Å². The number of nitrogens with two attached hydrogens (primary N) is 1. The van der Waals surface area contributed by atoms with Crippen LogP contribution in [0.2, 0.25) is 0 Å². The molecular formula is C13H29N. The molecule has 3 unspecified atom stereocenters. The summed E-state index contributed by atoms with van der Waals surface area (Å²) in [7, 11) is 0. The lowest BCUT2D eigenvalue weighted by atomic mass is 9.79. The molecule has 0 saturated carbocycles. The van der Waals surface area contributed by atoms with E-state index in [1.54, 1.807) is 0 Å².